The molecule has 0 atom stereocenters. The third kappa shape index (κ3) is 2.17. The third-order valence-corrected chi connectivity index (χ3v) is 2.14. The highest BCUT2D eigenvalue weighted by Gasteiger charge is 2.13. The summed E-state index contributed by atoms with van der Waals surface area (Å²) in [7, 11) is 0. The van der Waals surface area contributed by atoms with Crippen molar-refractivity contribution in [3.05, 3.63) is 29.6 Å². The molecule has 0 unspecified atom stereocenters. The van der Waals surface area contributed by atoms with E-state index in [9.17, 15) is 14.0 Å². The van der Waals surface area contributed by atoms with E-state index in [0.717, 1.165) is 0 Å². The SMILES string of the molecule is O=CNc1cccc(C(=O)CBr)c1F. The number of nitrogens with one attached hydrogen (secondary N) is 1. The monoisotopic (exact) mass is 259 g/mol. The van der Waals surface area contributed by atoms with Crippen LogP contribution in [0.4, 0.5) is 10.1 Å². The Morgan fingerprint density at radius 2 is 2.29 bits per heavy atom. The number of carbonyl (C=O) groups excluding carboxylic acids is 2. The van der Waals surface area contributed by atoms with E-state index >= 15 is 0 Å². The zero-order chi connectivity index (χ0) is 10.6. The molecular formula is C9H7BrFNO2. The molecule has 0 radical (unpaired) electrons. The summed E-state index contributed by atoms with van der Waals surface area (Å²) in [5.41, 5.74) is -0.0273. The summed E-state index contributed by atoms with van der Waals surface area (Å²) in [5.74, 6) is -1.07. The summed E-state index contributed by atoms with van der Waals surface area (Å²) in [6.07, 6.45) is 0.362. The van der Waals surface area contributed by atoms with Gasteiger partial charge in [0.15, 0.2) is 11.6 Å². The first-order chi connectivity index (χ1) is 6.70. The Morgan fingerprint density at radius 3 is 2.86 bits per heavy atom. The minimum atomic E-state index is -0.705. The Kier molecular flexibility index (Phi) is 3.76. The average Bonchev–Trinajstić information content (AvgIpc) is 2.20. The van der Waals surface area contributed by atoms with Gasteiger partial charge in [0.2, 0.25) is 6.41 Å². The molecule has 1 N–H and O–H groups in total. The number of rotatable bonds is 4. The van der Waals surface area contributed by atoms with Gasteiger partial charge in [0.25, 0.3) is 0 Å². The molecule has 74 valence electrons. The van der Waals surface area contributed by atoms with Crippen LogP contribution in [-0.4, -0.2) is 17.5 Å². The zero-order valence-corrected chi connectivity index (χ0v) is 8.67. The Morgan fingerprint density at radius 1 is 1.57 bits per heavy atom. The summed E-state index contributed by atoms with van der Waals surface area (Å²) in [6, 6.07) is 4.26. The predicted molar refractivity (Wildman–Crippen MR) is 54.2 cm³/mol. The van der Waals surface area contributed by atoms with Gasteiger partial charge in [-0.1, -0.05) is 22.0 Å². The second-order valence-corrected chi connectivity index (χ2v) is 3.05. The quantitative estimate of drug-likeness (QED) is 0.511. The lowest BCUT2D eigenvalue weighted by molar-refractivity contribution is -0.105. The molecular weight excluding hydrogens is 253 g/mol. The maximum absolute atomic E-state index is 13.4. The molecule has 0 aliphatic heterocycles. The van der Waals surface area contributed by atoms with E-state index in [2.05, 4.69) is 21.2 Å². The Labute approximate surface area is 88.4 Å². The van der Waals surface area contributed by atoms with Crippen molar-refractivity contribution in [1.29, 1.82) is 0 Å². The summed E-state index contributed by atoms with van der Waals surface area (Å²) in [4.78, 5) is 21.3. The first-order valence-corrected chi connectivity index (χ1v) is 4.90. The first kappa shape index (κ1) is 10.8. The molecule has 14 heavy (non-hydrogen) atoms. The van der Waals surface area contributed by atoms with Crippen molar-refractivity contribution in [3.63, 3.8) is 0 Å². The van der Waals surface area contributed by atoms with E-state index in [1.165, 1.54) is 18.2 Å². The number of Topliss-reactive ketones (excluding diaryl/α,β-unsaturated/α-hetero) is 1. The number of hydrogen-bond donors (Lipinski definition) is 1. The fourth-order valence-electron chi connectivity index (χ4n) is 0.994. The van der Waals surface area contributed by atoms with E-state index < -0.39 is 5.82 Å². The fraction of sp³-hybridized carbons (Fsp3) is 0.111. The van der Waals surface area contributed by atoms with E-state index in [0.29, 0.717) is 6.41 Å². The number of ketones is 1. The largest absolute Gasteiger partial charge is 0.326 e. The average molecular weight is 260 g/mol. The van der Waals surface area contributed by atoms with Crippen LogP contribution >= 0.6 is 15.9 Å². The smallest absolute Gasteiger partial charge is 0.211 e. The predicted octanol–water partition coefficient (Wildman–Crippen LogP) is 1.97. The number of hydrogen-bond acceptors (Lipinski definition) is 2. The summed E-state index contributed by atoms with van der Waals surface area (Å²) in [5, 5.41) is 2.22. The first-order valence-electron chi connectivity index (χ1n) is 3.78. The van der Waals surface area contributed by atoms with Crippen molar-refractivity contribution < 1.29 is 14.0 Å². The van der Waals surface area contributed by atoms with Crippen molar-refractivity contribution in [3.8, 4) is 0 Å². The molecule has 0 aliphatic rings. The van der Waals surface area contributed by atoms with Gasteiger partial charge in [-0.25, -0.2) is 4.39 Å². The van der Waals surface area contributed by atoms with E-state index in [-0.39, 0.29) is 22.4 Å². The highest BCUT2D eigenvalue weighted by Crippen LogP contribution is 2.18. The maximum Gasteiger partial charge on any atom is 0.211 e. The van der Waals surface area contributed by atoms with E-state index in [1.54, 1.807) is 0 Å². The highest BCUT2D eigenvalue weighted by atomic mass is 79.9. The number of benzene rings is 1. The number of halogens is 2. The molecule has 0 fully saturated rings. The molecule has 1 rings (SSSR count). The van der Waals surface area contributed by atoms with Crippen molar-refractivity contribution >= 4 is 33.8 Å². The molecule has 1 amide bonds. The second kappa shape index (κ2) is 4.85. The van der Waals surface area contributed by atoms with Gasteiger partial charge in [0.1, 0.15) is 0 Å². The normalized spacial score (nSPS) is 9.57. The molecule has 0 saturated heterocycles. The van der Waals surface area contributed by atoms with Gasteiger partial charge in [-0.2, -0.15) is 0 Å². The van der Waals surface area contributed by atoms with Crippen LogP contribution in [0.3, 0.4) is 0 Å². The molecule has 0 aliphatic carbocycles. The molecule has 1 aromatic carbocycles. The number of anilines is 1. The lowest BCUT2D eigenvalue weighted by Crippen LogP contribution is -2.06. The van der Waals surface area contributed by atoms with Crippen LogP contribution in [0.25, 0.3) is 0 Å². The van der Waals surface area contributed by atoms with Crippen LogP contribution in [0.5, 0.6) is 0 Å². The highest BCUT2D eigenvalue weighted by molar-refractivity contribution is 9.09. The van der Waals surface area contributed by atoms with Gasteiger partial charge in [-0.15, -0.1) is 0 Å². The third-order valence-electron chi connectivity index (χ3n) is 1.63. The molecule has 3 nitrogen and oxygen atoms in total. The van der Waals surface area contributed by atoms with Crippen molar-refractivity contribution in [2.75, 3.05) is 10.6 Å². The van der Waals surface area contributed by atoms with Crippen LogP contribution in [-0.2, 0) is 4.79 Å². The van der Waals surface area contributed by atoms with Gasteiger partial charge in [0.05, 0.1) is 16.6 Å². The zero-order valence-electron chi connectivity index (χ0n) is 7.09. The Bertz CT molecular complexity index is 368. The van der Waals surface area contributed by atoms with Crippen LogP contribution in [0.1, 0.15) is 10.4 Å². The summed E-state index contributed by atoms with van der Waals surface area (Å²) in [6.45, 7) is 0. The maximum atomic E-state index is 13.4. The second-order valence-electron chi connectivity index (χ2n) is 2.49. The molecule has 0 bridgehead atoms. The molecule has 0 heterocycles. The Balaban J connectivity index is 3.13. The minimum Gasteiger partial charge on any atom is -0.326 e. The Hall–Kier alpha value is -1.23. The van der Waals surface area contributed by atoms with Crippen LogP contribution < -0.4 is 5.32 Å². The summed E-state index contributed by atoms with van der Waals surface area (Å²) >= 11 is 2.94. The molecule has 1 aromatic rings. The van der Waals surface area contributed by atoms with Crippen molar-refractivity contribution in [1.82, 2.24) is 0 Å². The fourth-order valence-corrected chi connectivity index (χ4v) is 1.30. The van der Waals surface area contributed by atoms with Gasteiger partial charge in [-0.3, -0.25) is 9.59 Å². The van der Waals surface area contributed by atoms with Gasteiger partial charge >= 0.3 is 0 Å². The van der Waals surface area contributed by atoms with Gasteiger partial charge in [-0.05, 0) is 12.1 Å². The number of alkyl halides is 1. The molecule has 5 heteroatoms. The van der Waals surface area contributed by atoms with Crippen molar-refractivity contribution in [2.24, 2.45) is 0 Å². The van der Waals surface area contributed by atoms with Crippen LogP contribution in [0.2, 0.25) is 0 Å². The van der Waals surface area contributed by atoms with E-state index in [4.69, 9.17) is 0 Å². The summed E-state index contributed by atoms with van der Waals surface area (Å²) < 4.78 is 13.4. The van der Waals surface area contributed by atoms with E-state index in [1.807, 2.05) is 0 Å². The number of carbonyl (C=O) groups is 2. The lowest BCUT2D eigenvalue weighted by Gasteiger charge is -2.04. The van der Waals surface area contributed by atoms with Gasteiger partial charge < -0.3 is 5.32 Å². The molecule has 0 aromatic heterocycles. The molecule has 0 spiro atoms. The van der Waals surface area contributed by atoms with Gasteiger partial charge in [0, 0.05) is 0 Å². The topological polar surface area (TPSA) is 46.2 Å². The van der Waals surface area contributed by atoms with Crippen LogP contribution in [0, 0.1) is 5.82 Å². The standard InChI is InChI=1S/C9H7BrFNO2/c10-4-8(14)6-2-1-3-7(9(6)11)12-5-13/h1-3,5H,4H2,(H,12,13). The molecule has 0 saturated carbocycles. The van der Waals surface area contributed by atoms with Crippen molar-refractivity contribution in [2.45, 2.75) is 0 Å². The lowest BCUT2D eigenvalue weighted by atomic mass is 10.1. The number of amides is 1. The minimum absolute atomic E-state index is 0.00630. The van der Waals surface area contributed by atoms with Crippen LogP contribution in [0.15, 0.2) is 18.2 Å².